The fourth-order valence-corrected chi connectivity index (χ4v) is 5.23. The van der Waals surface area contributed by atoms with Crippen molar-refractivity contribution in [1.82, 2.24) is 4.31 Å². The molecule has 1 saturated heterocycles. The number of thioether (sulfide) groups is 1. The number of pyridine rings is 1. The molecule has 0 spiro atoms. The Kier molecular flexibility index (Phi) is 6.93. The first-order valence-corrected chi connectivity index (χ1v) is 11.6. The van der Waals surface area contributed by atoms with Crippen molar-refractivity contribution in [2.75, 3.05) is 24.2 Å². The number of benzene rings is 1. The second-order valence-corrected chi connectivity index (χ2v) is 9.48. The second-order valence-electron chi connectivity index (χ2n) is 6.54. The SMILES string of the molecule is O=C(CSc1cccc[n+]1[O-])Nc1ccc(S(=O)(=O)N2CCCCCC2)cc1. The number of carbonyl (C=O) groups is 1. The Morgan fingerprint density at radius 3 is 2.39 bits per heavy atom. The van der Waals surface area contributed by atoms with Gasteiger partial charge in [-0.1, -0.05) is 12.8 Å². The van der Waals surface area contributed by atoms with Gasteiger partial charge in [0.15, 0.2) is 6.20 Å². The van der Waals surface area contributed by atoms with Gasteiger partial charge in [-0.2, -0.15) is 9.04 Å². The molecule has 0 aliphatic carbocycles. The Labute approximate surface area is 169 Å². The van der Waals surface area contributed by atoms with E-state index in [1.807, 2.05) is 0 Å². The summed E-state index contributed by atoms with van der Waals surface area (Å²) in [5, 5.41) is 14.7. The van der Waals surface area contributed by atoms with Crippen LogP contribution in [0.1, 0.15) is 25.7 Å². The summed E-state index contributed by atoms with van der Waals surface area (Å²) in [7, 11) is -3.50. The van der Waals surface area contributed by atoms with Crippen molar-refractivity contribution >= 4 is 33.4 Å². The van der Waals surface area contributed by atoms with Gasteiger partial charge in [0, 0.05) is 30.9 Å². The third-order valence-corrected chi connectivity index (χ3v) is 7.41. The number of hydrogen-bond acceptors (Lipinski definition) is 5. The summed E-state index contributed by atoms with van der Waals surface area (Å²) in [6, 6.07) is 11.2. The second kappa shape index (κ2) is 9.40. The summed E-state index contributed by atoms with van der Waals surface area (Å²) in [5.74, 6) is -0.183. The van der Waals surface area contributed by atoms with Crippen LogP contribution in [0.4, 0.5) is 5.69 Å². The van der Waals surface area contributed by atoms with E-state index in [4.69, 9.17) is 0 Å². The number of nitrogens with zero attached hydrogens (tertiary/aromatic N) is 2. The van der Waals surface area contributed by atoms with E-state index in [1.54, 1.807) is 34.6 Å². The highest BCUT2D eigenvalue weighted by atomic mass is 32.2. The third-order valence-electron chi connectivity index (χ3n) is 4.48. The van der Waals surface area contributed by atoms with Crippen molar-refractivity contribution in [3.8, 4) is 0 Å². The van der Waals surface area contributed by atoms with Gasteiger partial charge in [-0.25, -0.2) is 8.42 Å². The number of aromatic nitrogens is 1. The quantitative estimate of drug-likeness (QED) is 0.440. The molecule has 2 aromatic rings. The molecule has 7 nitrogen and oxygen atoms in total. The van der Waals surface area contributed by atoms with Gasteiger partial charge in [-0.05, 0) is 54.9 Å². The first-order valence-electron chi connectivity index (χ1n) is 9.18. The molecule has 28 heavy (non-hydrogen) atoms. The number of anilines is 1. The summed E-state index contributed by atoms with van der Waals surface area (Å²) < 4.78 is 27.8. The lowest BCUT2D eigenvalue weighted by atomic mass is 10.2. The van der Waals surface area contributed by atoms with Crippen molar-refractivity contribution in [3.05, 3.63) is 53.9 Å². The monoisotopic (exact) mass is 421 g/mol. The number of carbonyl (C=O) groups excluding carboxylic acids is 1. The Morgan fingerprint density at radius 2 is 1.75 bits per heavy atom. The zero-order valence-corrected chi connectivity index (χ0v) is 17.0. The van der Waals surface area contributed by atoms with Crippen molar-refractivity contribution in [3.63, 3.8) is 0 Å². The number of rotatable bonds is 6. The molecule has 0 bridgehead atoms. The van der Waals surface area contributed by atoms with E-state index in [0.717, 1.165) is 37.4 Å². The third kappa shape index (κ3) is 5.24. The molecule has 1 aliphatic heterocycles. The van der Waals surface area contributed by atoms with Crippen molar-refractivity contribution in [1.29, 1.82) is 0 Å². The first-order chi connectivity index (χ1) is 13.5. The molecule has 1 N–H and O–H groups in total. The molecule has 0 radical (unpaired) electrons. The van der Waals surface area contributed by atoms with Crippen molar-refractivity contribution in [2.24, 2.45) is 0 Å². The van der Waals surface area contributed by atoms with E-state index in [-0.39, 0.29) is 16.6 Å². The van der Waals surface area contributed by atoms with Gasteiger partial charge in [-0.3, -0.25) is 4.79 Å². The van der Waals surface area contributed by atoms with Crippen LogP contribution in [-0.4, -0.2) is 37.5 Å². The number of amides is 1. The maximum absolute atomic E-state index is 12.8. The topological polar surface area (TPSA) is 93.4 Å². The van der Waals surface area contributed by atoms with Crippen LogP contribution in [0.2, 0.25) is 0 Å². The fraction of sp³-hybridized carbons (Fsp3) is 0.368. The molecule has 1 aromatic carbocycles. The zero-order valence-electron chi connectivity index (χ0n) is 15.4. The van der Waals surface area contributed by atoms with Crippen LogP contribution >= 0.6 is 11.8 Å². The number of sulfonamides is 1. The maximum atomic E-state index is 12.8. The highest BCUT2D eigenvalue weighted by molar-refractivity contribution is 7.99. The molecule has 3 rings (SSSR count). The maximum Gasteiger partial charge on any atom is 0.251 e. The standard InChI is InChI=1S/C19H23N3O4S2/c23-18(15-27-19-7-3-6-14-22(19)24)20-16-8-10-17(11-9-16)28(25,26)21-12-4-1-2-5-13-21/h3,6-11,14H,1-2,4-5,12-13,15H2,(H,20,23). The molecular formula is C19H23N3O4S2. The minimum atomic E-state index is -3.50. The summed E-state index contributed by atoms with van der Waals surface area (Å²) in [6.07, 6.45) is 5.27. The lowest BCUT2D eigenvalue weighted by Gasteiger charge is -2.20. The largest absolute Gasteiger partial charge is 0.618 e. The average molecular weight is 422 g/mol. The van der Waals surface area contributed by atoms with Crippen molar-refractivity contribution < 1.29 is 17.9 Å². The minimum absolute atomic E-state index is 0.0834. The predicted octanol–water partition coefficient (Wildman–Crippen LogP) is 2.62. The molecule has 0 atom stereocenters. The predicted molar refractivity (Wildman–Crippen MR) is 108 cm³/mol. The molecule has 2 heterocycles. The Bertz CT molecular complexity index is 909. The molecule has 1 amide bonds. The molecule has 0 unspecified atom stereocenters. The van der Waals surface area contributed by atoms with Crippen LogP contribution in [0.5, 0.6) is 0 Å². The number of nitrogens with one attached hydrogen (secondary N) is 1. The highest BCUT2D eigenvalue weighted by Crippen LogP contribution is 2.22. The van der Waals surface area contributed by atoms with Crippen LogP contribution < -0.4 is 10.0 Å². The summed E-state index contributed by atoms with van der Waals surface area (Å²) in [5.41, 5.74) is 0.517. The van der Waals surface area contributed by atoms with Gasteiger partial charge in [-0.15, -0.1) is 0 Å². The Hall–Kier alpha value is -2.10. The van der Waals surface area contributed by atoms with Crippen LogP contribution in [0, 0.1) is 5.21 Å². The summed E-state index contributed by atoms with van der Waals surface area (Å²) >= 11 is 1.14. The van der Waals surface area contributed by atoms with Gasteiger partial charge < -0.3 is 10.5 Å². The lowest BCUT2D eigenvalue weighted by Crippen LogP contribution is -2.31. The van der Waals surface area contributed by atoms with Crippen LogP contribution in [0.3, 0.4) is 0 Å². The van der Waals surface area contributed by atoms with Crippen LogP contribution in [0.15, 0.2) is 58.6 Å². The zero-order chi connectivity index (χ0) is 20.0. The van der Waals surface area contributed by atoms with Crippen LogP contribution in [-0.2, 0) is 14.8 Å². The molecule has 1 aromatic heterocycles. The molecule has 9 heteroatoms. The highest BCUT2D eigenvalue weighted by Gasteiger charge is 2.25. The smallest absolute Gasteiger partial charge is 0.251 e. The Morgan fingerprint density at radius 1 is 1.07 bits per heavy atom. The van der Waals surface area contributed by atoms with E-state index in [9.17, 15) is 18.4 Å². The fourth-order valence-electron chi connectivity index (χ4n) is 3.00. The summed E-state index contributed by atoms with van der Waals surface area (Å²) in [6.45, 7) is 1.11. The van der Waals surface area contributed by atoms with Crippen molar-refractivity contribution in [2.45, 2.75) is 35.6 Å². The van der Waals surface area contributed by atoms with E-state index < -0.39 is 10.0 Å². The molecular weight excluding hydrogens is 398 g/mol. The molecule has 1 aliphatic rings. The van der Waals surface area contributed by atoms with Gasteiger partial charge >= 0.3 is 0 Å². The molecule has 150 valence electrons. The van der Waals surface area contributed by atoms with Crippen LogP contribution in [0.25, 0.3) is 0 Å². The van der Waals surface area contributed by atoms with Gasteiger partial charge in [0.2, 0.25) is 15.9 Å². The molecule has 0 saturated carbocycles. The van der Waals surface area contributed by atoms with E-state index >= 15 is 0 Å². The normalized spacial score (nSPS) is 15.7. The van der Waals surface area contributed by atoms with E-state index in [1.165, 1.54) is 18.3 Å². The summed E-state index contributed by atoms with van der Waals surface area (Å²) in [4.78, 5) is 12.3. The number of hydrogen-bond donors (Lipinski definition) is 1. The van der Waals surface area contributed by atoms with E-state index in [2.05, 4.69) is 5.32 Å². The van der Waals surface area contributed by atoms with E-state index in [0.29, 0.717) is 28.5 Å². The van der Waals surface area contributed by atoms with Gasteiger partial charge in [0.1, 0.15) is 0 Å². The molecule has 1 fully saturated rings. The minimum Gasteiger partial charge on any atom is -0.618 e. The van der Waals surface area contributed by atoms with Gasteiger partial charge in [0.25, 0.3) is 5.03 Å². The average Bonchev–Trinajstić information content (AvgIpc) is 2.98. The lowest BCUT2D eigenvalue weighted by molar-refractivity contribution is -0.645. The first kappa shape index (κ1) is 20.6. The van der Waals surface area contributed by atoms with Gasteiger partial charge in [0.05, 0.1) is 10.6 Å². The Balaban J connectivity index is 1.59.